The van der Waals surface area contributed by atoms with Gasteiger partial charge in [-0.1, -0.05) is 12.1 Å². The van der Waals surface area contributed by atoms with Crippen LogP contribution in [0.2, 0.25) is 0 Å². The minimum Gasteiger partial charge on any atom is -0.356 e. The second-order valence-corrected chi connectivity index (χ2v) is 7.28. The monoisotopic (exact) mass is 418 g/mol. The maximum Gasteiger partial charge on any atom is 0.282 e. The molecule has 3 aromatic rings. The van der Waals surface area contributed by atoms with Gasteiger partial charge in [0.05, 0.1) is 4.92 Å². The Bertz CT molecular complexity index is 1110. The summed E-state index contributed by atoms with van der Waals surface area (Å²) in [4.78, 5) is 34.3. The molecule has 0 unspecified atom stereocenters. The van der Waals surface area contributed by atoms with Gasteiger partial charge < -0.3 is 15.5 Å². The number of amides is 1. The van der Waals surface area contributed by atoms with Gasteiger partial charge >= 0.3 is 0 Å². The van der Waals surface area contributed by atoms with E-state index < -0.39 is 10.8 Å². The number of carbonyl (C=O) groups is 1. The van der Waals surface area contributed by atoms with Crippen LogP contribution in [0.5, 0.6) is 0 Å². The van der Waals surface area contributed by atoms with Gasteiger partial charge in [-0.05, 0) is 50.1 Å². The zero-order valence-corrected chi connectivity index (χ0v) is 17.0. The van der Waals surface area contributed by atoms with Crippen LogP contribution in [0.25, 0.3) is 0 Å². The van der Waals surface area contributed by atoms with Crippen molar-refractivity contribution < 1.29 is 9.72 Å². The summed E-state index contributed by atoms with van der Waals surface area (Å²) >= 11 is 0. The number of anilines is 4. The minimum absolute atomic E-state index is 0.0144. The summed E-state index contributed by atoms with van der Waals surface area (Å²) in [6.45, 7) is 3.87. The molecule has 0 bridgehead atoms. The van der Waals surface area contributed by atoms with E-state index in [0.717, 1.165) is 24.6 Å². The lowest BCUT2D eigenvalue weighted by Gasteiger charge is -2.18. The van der Waals surface area contributed by atoms with Crippen LogP contribution in [-0.4, -0.2) is 33.9 Å². The van der Waals surface area contributed by atoms with E-state index in [9.17, 15) is 14.9 Å². The summed E-state index contributed by atoms with van der Waals surface area (Å²) in [6, 6.07) is 14.9. The van der Waals surface area contributed by atoms with Gasteiger partial charge in [0.2, 0.25) is 0 Å². The molecule has 0 atom stereocenters. The van der Waals surface area contributed by atoms with Crippen LogP contribution in [0.3, 0.4) is 0 Å². The number of nitro benzene ring substituents is 1. The Morgan fingerprint density at radius 2 is 1.71 bits per heavy atom. The van der Waals surface area contributed by atoms with Crippen molar-refractivity contribution in [2.75, 3.05) is 28.6 Å². The largest absolute Gasteiger partial charge is 0.356 e. The zero-order valence-electron chi connectivity index (χ0n) is 17.0. The van der Waals surface area contributed by atoms with Gasteiger partial charge in [0.1, 0.15) is 23.0 Å². The Kier molecular flexibility index (Phi) is 5.74. The third-order valence-electron chi connectivity index (χ3n) is 5.02. The third-order valence-corrected chi connectivity index (χ3v) is 5.02. The van der Waals surface area contributed by atoms with Gasteiger partial charge in [0.15, 0.2) is 0 Å². The molecular formula is C22H22N6O3. The highest BCUT2D eigenvalue weighted by atomic mass is 16.6. The molecule has 1 aliphatic rings. The van der Waals surface area contributed by atoms with Crippen molar-refractivity contribution in [2.24, 2.45) is 0 Å². The molecule has 0 saturated carbocycles. The quantitative estimate of drug-likeness (QED) is 0.453. The summed E-state index contributed by atoms with van der Waals surface area (Å²) < 4.78 is 0. The Morgan fingerprint density at radius 3 is 2.42 bits per heavy atom. The topological polar surface area (TPSA) is 113 Å². The summed E-state index contributed by atoms with van der Waals surface area (Å²) in [7, 11) is 0. The fourth-order valence-electron chi connectivity index (χ4n) is 3.53. The lowest BCUT2D eigenvalue weighted by Crippen LogP contribution is -2.19. The highest BCUT2D eigenvalue weighted by Crippen LogP contribution is 2.24. The Balaban J connectivity index is 1.45. The van der Waals surface area contributed by atoms with E-state index in [0.29, 0.717) is 17.3 Å². The average molecular weight is 418 g/mol. The first-order valence-electron chi connectivity index (χ1n) is 10.0. The molecule has 0 spiro atoms. The van der Waals surface area contributed by atoms with Gasteiger partial charge in [-0.15, -0.1) is 0 Å². The predicted molar refractivity (Wildman–Crippen MR) is 119 cm³/mol. The molecule has 2 aromatic carbocycles. The molecule has 1 saturated heterocycles. The van der Waals surface area contributed by atoms with Crippen molar-refractivity contribution in [3.8, 4) is 0 Å². The molecule has 1 amide bonds. The lowest BCUT2D eigenvalue weighted by molar-refractivity contribution is -0.385. The number of aromatic nitrogens is 2. The van der Waals surface area contributed by atoms with Crippen molar-refractivity contribution in [3.05, 3.63) is 76.1 Å². The maximum atomic E-state index is 12.5. The van der Waals surface area contributed by atoms with Gasteiger partial charge in [-0.25, -0.2) is 9.97 Å². The molecule has 1 fully saturated rings. The van der Waals surface area contributed by atoms with E-state index in [1.807, 2.05) is 25.1 Å². The number of benzene rings is 2. The van der Waals surface area contributed by atoms with Crippen LogP contribution in [0.1, 0.15) is 29.0 Å². The fourth-order valence-corrected chi connectivity index (χ4v) is 3.53. The van der Waals surface area contributed by atoms with Crippen LogP contribution in [-0.2, 0) is 0 Å². The molecule has 9 nitrogen and oxygen atoms in total. The van der Waals surface area contributed by atoms with Crippen LogP contribution in [0.4, 0.5) is 28.7 Å². The molecule has 4 rings (SSSR count). The molecule has 2 N–H and O–H groups in total. The number of nitrogens with zero attached hydrogens (tertiary/aromatic N) is 4. The zero-order chi connectivity index (χ0) is 21.8. The number of carbonyl (C=O) groups excluding carboxylic acids is 1. The van der Waals surface area contributed by atoms with Crippen LogP contribution in [0, 0.1) is 17.0 Å². The smallest absolute Gasteiger partial charge is 0.282 e. The van der Waals surface area contributed by atoms with Gasteiger partial charge in [-0.2, -0.15) is 0 Å². The molecule has 0 radical (unpaired) electrons. The van der Waals surface area contributed by atoms with E-state index in [1.54, 1.807) is 18.2 Å². The number of nitro groups is 1. The first kappa shape index (κ1) is 20.3. The van der Waals surface area contributed by atoms with Crippen molar-refractivity contribution >= 4 is 34.6 Å². The fraction of sp³-hybridized carbons (Fsp3) is 0.227. The normalized spacial score (nSPS) is 13.1. The van der Waals surface area contributed by atoms with Gasteiger partial charge in [0.25, 0.3) is 11.6 Å². The predicted octanol–water partition coefficient (Wildman–Crippen LogP) is 4.29. The van der Waals surface area contributed by atoms with E-state index in [4.69, 9.17) is 0 Å². The summed E-state index contributed by atoms with van der Waals surface area (Å²) in [5.74, 6) is 1.78. The summed E-state index contributed by atoms with van der Waals surface area (Å²) in [5.41, 5.74) is 1.12. The second-order valence-electron chi connectivity index (χ2n) is 7.28. The maximum absolute atomic E-state index is 12.5. The van der Waals surface area contributed by atoms with Crippen molar-refractivity contribution in [1.29, 1.82) is 0 Å². The highest BCUT2D eigenvalue weighted by molar-refractivity contribution is 6.07. The standard InChI is InChI=1S/C22H22N6O3/c1-15-23-20(14-21(24-15)27-12-4-5-13-27)25-16-8-10-17(11-9-16)26-22(29)18-6-2-3-7-19(18)28(30)31/h2-3,6-11,14H,4-5,12-13H2,1H3,(H,26,29)(H,23,24,25). The number of hydrogen-bond acceptors (Lipinski definition) is 7. The van der Waals surface area contributed by atoms with Gasteiger partial charge in [0, 0.05) is 36.6 Å². The molecule has 31 heavy (non-hydrogen) atoms. The first-order valence-corrected chi connectivity index (χ1v) is 10.0. The first-order chi connectivity index (χ1) is 15.0. The number of para-hydroxylation sites is 1. The Labute approximate surface area is 179 Å². The number of rotatable bonds is 6. The van der Waals surface area contributed by atoms with Crippen molar-refractivity contribution in [1.82, 2.24) is 9.97 Å². The number of hydrogen-bond donors (Lipinski definition) is 2. The lowest BCUT2D eigenvalue weighted by atomic mass is 10.1. The summed E-state index contributed by atoms with van der Waals surface area (Å²) in [5, 5.41) is 17.1. The van der Waals surface area contributed by atoms with E-state index >= 15 is 0 Å². The Hall–Kier alpha value is -4.01. The van der Waals surface area contributed by atoms with Crippen molar-refractivity contribution in [2.45, 2.75) is 19.8 Å². The average Bonchev–Trinajstić information content (AvgIpc) is 3.30. The highest BCUT2D eigenvalue weighted by Gasteiger charge is 2.19. The van der Waals surface area contributed by atoms with E-state index in [-0.39, 0.29) is 11.3 Å². The molecular weight excluding hydrogens is 396 g/mol. The number of nitrogens with one attached hydrogen (secondary N) is 2. The third kappa shape index (κ3) is 4.77. The van der Waals surface area contributed by atoms with Gasteiger partial charge in [-0.3, -0.25) is 14.9 Å². The molecule has 9 heteroatoms. The molecule has 2 heterocycles. The van der Waals surface area contributed by atoms with Crippen LogP contribution in [0.15, 0.2) is 54.6 Å². The van der Waals surface area contributed by atoms with Crippen molar-refractivity contribution in [3.63, 3.8) is 0 Å². The molecule has 0 aliphatic carbocycles. The Morgan fingerprint density at radius 1 is 1.03 bits per heavy atom. The van der Waals surface area contributed by atoms with E-state index in [1.165, 1.54) is 31.0 Å². The molecule has 158 valence electrons. The van der Waals surface area contributed by atoms with E-state index in [2.05, 4.69) is 25.5 Å². The SMILES string of the molecule is Cc1nc(Nc2ccc(NC(=O)c3ccccc3[N+](=O)[O-])cc2)cc(N2CCCC2)n1. The number of aryl methyl sites for hydroxylation is 1. The second kappa shape index (κ2) is 8.78. The summed E-state index contributed by atoms with van der Waals surface area (Å²) in [6.07, 6.45) is 2.34. The molecule has 1 aromatic heterocycles. The minimum atomic E-state index is -0.567. The van der Waals surface area contributed by atoms with Crippen LogP contribution >= 0.6 is 0 Å². The van der Waals surface area contributed by atoms with Crippen LogP contribution < -0.4 is 15.5 Å². The molecule has 1 aliphatic heterocycles.